The number of nitrogens with zero attached hydrogens (tertiary/aromatic N) is 3. The number of carbonyl (C=O) groups is 1. The van der Waals surface area contributed by atoms with Crippen molar-refractivity contribution in [2.24, 2.45) is 0 Å². The number of carbonyl (C=O) groups excluding carboxylic acids is 1. The number of benzene rings is 2. The molecule has 0 atom stereocenters. The zero-order chi connectivity index (χ0) is 15.7. The van der Waals surface area contributed by atoms with E-state index in [-0.39, 0.29) is 11.7 Å². The molecule has 5 heteroatoms. The molecule has 0 fully saturated rings. The van der Waals surface area contributed by atoms with Crippen molar-refractivity contribution in [3.8, 4) is 6.07 Å². The van der Waals surface area contributed by atoms with Crippen LogP contribution in [0.15, 0.2) is 46.9 Å². The number of aromatic nitrogens is 1. The second-order valence-corrected chi connectivity index (χ2v) is 5.08. The van der Waals surface area contributed by atoms with Gasteiger partial charge in [0.25, 0.3) is 5.89 Å². The number of oxazole rings is 1. The van der Waals surface area contributed by atoms with Gasteiger partial charge in [0.2, 0.25) is 5.78 Å². The first-order chi connectivity index (χ1) is 10.6. The Bertz CT molecular complexity index is 886. The molecule has 0 amide bonds. The Morgan fingerprint density at radius 2 is 1.91 bits per heavy atom. The average Bonchev–Trinajstić information content (AvgIpc) is 2.97. The summed E-state index contributed by atoms with van der Waals surface area (Å²) in [5, 5.41) is 8.78. The Labute approximate surface area is 127 Å². The number of hydrogen-bond acceptors (Lipinski definition) is 5. The molecule has 1 aromatic heterocycles. The first-order valence-corrected chi connectivity index (χ1v) is 6.71. The molecular weight excluding hydrogens is 278 g/mol. The van der Waals surface area contributed by atoms with Gasteiger partial charge in [-0.25, -0.2) is 4.98 Å². The standard InChI is InChI=1S/C17H13N3O2/c1-20(2)13-7-8-14-15(9-13)22-17(19-14)16(21)12-5-3-11(10-18)4-6-12/h3-9H,1-2H3. The second kappa shape index (κ2) is 5.34. The molecule has 0 spiro atoms. The van der Waals surface area contributed by atoms with Gasteiger partial charge >= 0.3 is 0 Å². The first kappa shape index (κ1) is 13.8. The Morgan fingerprint density at radius 3 is 2.55 bits per heavy atom. The van der Waals surface area contributed by atoms with Crippen molar-refractivity contribution < 1.29 is 9.21 Å². The fourth-order valence-corrected chi connectivity index (χ4v) is 2.11. The summed E-state index contributed by atoms with van der Waals surface area (Å²) in [4.78, 5) is 18.6. The number of hydrogen-bond donors (Lipinski definition) is 0. The smallest absolute Gasteiger partial charge is 0.269 e. The molecule has 0 aliphatic rings. The van der Waals surface area contributed by atoms with Gasteiger partial charge in [0.05, 0.1) is 11.6 Å². The summed E-state index contributed by atoms with van der Waals surface area (Å²) in [7, 11) is 3.86. The zero-order valence-corrected chi connectivity index (χ0v) is 12.2. The van der Waals surface area contributed by atoms with Gasteiger partial charge in [0, 0.05) is 31.4 Å². The number of anilines is 1. The first-order valence-electron chi connectivity index (χ1n) is 6.71. The fourth-order valence-electron chi connectivity index (χ4n) is 2.11. The van der Waals surface area contributed by atoms with Crippen LogP contribution in [-0.2, 0) is 0 Å². The highest BCUT2D eigenvalue weighted by molar-refractivity contribution is 6.07. The van der Waals surface area contributed by atoms with Crippen LogP contribution in [0.3, 0.4) is 0 Å². The quantitative estimate of drug-likeness (QED) is 0.694. The normalized spacial score (nSPS) is 10.4. The van der Waals surface area contributed by atoms with Crippen molar-refractivity contribution in [1.82, 2.24) is 4.98 Å². The van der Waals surface area contributed by atoms with E-state index in [1.54, 1.807) is 24.3 Å². The monoisotopic (exact) mass is 291 g/mol. The van der Waals surface area contributed by atoms with Crippen molar-refractivity contribution in [2.75, 3.05) is 19.0 Å². The Morgan fingerprint density at radius 1 is 1.18 bits per heavy atom. The van der Waals surface area contributed by atoms with Gasteiger partial charge in [-0.2, -0.15) is 5.26 Å². The van der Waals surface area contributed by atoms with E-state index in [0.29, 0.717) is 22.2 Å². The lowest BCUT2D eigenvalue weighted by Gasteiger charge is -2.10. The molecule has 22 heavy (non-hydrogen) atoms. The maximum Gasteiger partial charge on any atom is 0.269 e. The van der Waals surface area contributed by atoms with Crippen LogP contribution in [0.1, 0.15) is 21.8 Å². The van der Waals surface area contributed by atoms with E-state index < -0.39 is 0 Å². The van der Waals surface area contributed by atoms with Crippen LogP contribution in [0.5, 0.6) is 0 Å². The highest BCUT2D eigenvalue weighted by Crippen LogP contribution is 2.23. The van der Waals surface area contributed by atoms with Gasteiger partial charge in [-0.1, -0.05) is 0 Å². The molecule has 3 rings (SSSR count). The van der Waals surface area contributed by atoms with Crippen LogP contribution in [0.25, 0.3) is 11.1 Å². The molecule has 0 N–H and O–H groups in total. The van der Waals surface area contributed by atoms with Crippen molar-refractivity contribution in [3.05, 3.63) is 59.5 Å². The summed E-state index contributed by atoms with van der Waals surface area (Å²) in [5.41, 5.74) is 3.13. The average molecular weight is 291 g/mol. The Hall–Kier alpha value is -3.13. The largest absolute Gasteiger partial charge is 0.433 e. The van der Waals surface area contributed by atoms with Crippen LogP contribution >= 0.6 is 0 Å². The maximum atomic E-state index is 12.4. The van der Waals surface area contributed by atoms with Crippen molar-refractivity contribution in [1.29, 1.82) is 5.26 Å². The van der Waals surface area contributed by atoms with Crippen molar-refractivity contribution in [2.45, 2.75) is 0 Å². The van der Waals surface area contributed by atoms with E-state index in [1.807, 2.05) is 43.3 Å². The molecule has 0 radical (unpaired) electrons. The van der Waals surface area contributed by atoms with E-state index in [4.69, 9.17) is 9.68 Å². The third kappa shape index (κ3) is 2.42. The topological polar surface area (TPSA) is 70.1 Å². The molecule has 0 unspecified atom stereocenters. The van der Waals surface area contributed by atoms with Gasteiger partial charge in [0.15, 0.2) is 5.58 Å². The minimum absolute atomic E-state index is 0.0515. The number of nitriles is 1. The summed E-state index contributed by atoms with van der Waals surface area (Å²) >= 11 is 0. The zero-order valence-electron chi connectivity index (χ0n) is 12.2. The highest BCUT2D eigenvalue weighted by atomic mass is 16.4. The van der Waals surface area contributed by atoms with Gasteiger partial charge < -0.3 is 9.32 Å². The van der Waals surface area contributed by atoms with E-state index in [2.05, 4.69) is 4.98 Å². The van der Waals surface area contributed by atoms with Crippen LogP contribution in [0.4, 0.5) is 5.69 Å². The number of rotatable bonds is 3. The van der Waals surface area contributed by atoms with Crippen LogP contribution in [0.2, 0.25) is 0 Å². The van der Waals surface area contributed by atoms with E-state index in [1.165, 1.54) is 0 Å². The molecule has 5 nitrogen and oxygen atoms in total. The summed E-state index contributed by atoms with van der Waals surface area (Å²) in [6.45, 7) is 0. The molecule has 108 valence electrons. The van der Waals surface area contributed by atoms with E-state index in [0.717, 1.165) is 5.69 Å². The minimum atomic E-state index is -0.299. The summed E-state index contributed by atoms with van der Waals surface area (Å²) in [6.07, 6.45) is 0. The Balaban J connectivity index is 1.98. The maximum absolute atomic E-state index is 12.4. The van der Waals surface area contributed by atoms with Gasteiger partial charge in [-0.05, 0) is 36.4 Å². The van der Waals surface area contributed by atoms with Crippen molar-refractivity contribution >= 4 is 22.6 Å². The highest BCUT2D eigenvalue weighted by Gasteiger charge is 2.17. The summed E-state index contributed by atoms with van der Waals surface area (Å²) < 4.78 is 5.58. The Kier molecular flexibility index (Phi) is 3.36. The molecule has 1 heterocycles. The molecule has 0 saturated carbocycles. The minimum Gasteiger partial charge on any atom is -0.433 e. The SMILES string of the molecule is CN(C)c1ccc2nc(C(=O)c3ccc(C#N)cc3)oc2c1. The molecule has 2 aromatic carbocycles. The molecule has 0 aliphatic heterocycles. The third-order valence-electron chi connectivity index (χ3n) is 3.36. The van der Waals surface area contributed by atoms with Gasteiger partial charge in [-0.15, -0.1) is 0 Å². The lowest BCUT2D eigenvalue weighted by molar-refractivity contribution is 0.100. The van der Waals surface area contributed by atoms with E-state index in [9.17, 15) is 4.79 Å². The molecule has 3 aromatic rings. The fraction of sp³-hybridized carbons (Fsp3) is 0.118. The summed E-state index contributed by atoms with van der Waals surface area (Å²) in [5.74, 6) is -0.247. The summed E-state index contributed by atoms with van der Waals surface area (Å²) in [6, 6.07) is 14.0. The molecule has 0 aliphatic carbocycles. The van der Waals surface area contributed by atoms with Gasteiger partial charge in [-0.3, -0.25) is 4.79 Å². The van der Waals surface area contributed by atoms with Gasteiger partial charge in [0.1, 0.15) is 5.52 Å². The molecule has 0 bridgehead atoms. The van der Waals surface area contributed by atoms with Crippen molar-refractivity contribution in [3.63, 3.8) is 0 Å². The van der Waals surface area contributed by atoms with Crippen LogP contribution < -0.4 is 4.90 Å². The predicted octanol–water partition coefficient (Wildman–Crippen LogP) is 3.00. The second-order valence-electron chi connectivity index (χ2n) is 5.08. The van der Waals surface area contributed by atoms with Crippen LogP contribution in [0, 0.1) is 11.3 Å². The number of fused-ring (bicyclic) bond motifs is 1. The third-order valence-corrected chi connectivity index (χ3v) is 3.36. The molecular formula is C17H13N3O2. The lowest BCUT2D eigenvalue weighted by atomic mass is 10.1. The lowest BCUT2D eigenvalue weighted by Crippen LogP contribution is -2.07. The molecule has 0 saturated heterocycles. The number of ketones is 1. The van der Waals surface area contributed by atoms with E-state index >= 15 is 0 Å². The predicted molar refractivity (Wildman–Crippen MR) is 82.9 cm³/mol. The van der Waals surface area contributed by atoms with Crippen LogP contribution in [-0.4, -0.2) is 24.9 Å².